The van der Waals surface area contributed by atoms with Crippen molar-refractivity contribution in [1.82, 2.24) is 20.0 Å². The number of amides is 2. The summed E-state index contributed by atoms with van der Waals surface area (Å²) >= 11 is 0. The standard InChI is InChI=1S/C31H26B7FN4O4/c1-18-24(27(44)40-29(32,33)30(34,35)47-31(36,37)38)10-11-26-25(18)17-43(41-26)16-19-12-14-42(15-13-19)28(45)20-2-6-22(7-3-20)46-23-8-4-21(39)5-9-23/h2-11,17,19H,12-16H2,1H3,(H,40,44). The zero-order valence-electron chi connectivity index (χ0n) is 25.9. The third-order valence-electron chi connectivity index (χ3n) is 8.06. The van der Waals surface area contributed by atoms with Crippen LogP contribution in [-0.4, -0.2) is 111 Å². The number of nitrogens with zero attached hydrogens (tertiary/aromatic N) is 3. The third-order valence-corrected chi connectivity index (χ3v) is 8.06. The molecule has 1 fully saturated rings. The van der Waals surface area contributed by atoms with Crippen LogP contribution in [0.3, 0.4) is 0 Å². The fraction of sp³-hybridized carbons (Fsp3) is 0.323. The van der Waals surface area contributed by atoms with Crippen LogP contribution < -0.4 is 10.1 Å². The second-order valence-electron chi connectivity index (χ2n) is 11.9. The van der Waals surface area contributed by atoms with E-state index < -0.39 is 21.9 Å². The highest BCUT2D eigenvalue weighted by molar-refractivity contribution is 6.60. The van der Waals surface area contributed by atoms with Gasteiger partial charge in [0.25, 0.3) is 11.8 Å². The Morgan fingerprint density at radius 1 is 0.915 bits per heavy atom. The van der Waals surface area contributed by atoms with Crippen LogP contribution >= 0.6 is 0 Å². The molecule has 0 unspecified atom stereocenters. The van der Waals surface area contributed by atoms with Crippen LogP contribution in [0.4, 0.5) is 4.39 Å². The van der Waals surface area contributed by atoms with E-state index in [-0.39, 0.29) is 17.3 Å². The van der Waals surface area contributed by atoms with Crippen molar-refractivity contribution in [2.75, 3.05) is 13.1 Å². The van der Waals surface area contributed by atoms with Gasteiger partial charge in [-0.2, -0.15) is 5.10 Å². The highest BCUT2D eigenvalue weighted by Crippen LogP contribution is 2.27. The zero-order chi connectivity index (χ0) is 34.1. The van der Waals surface area contributed by atoms with Gasteiger partial charge in [0.15, 0.2) is 0 Å². The molecular formula is C31H26B7FN4O4. The topological polar surface area (TPSA) is 85.7 Å². The summed E-state index contributed by atoms with van der Waals surface area (Å²) in [5.41, 5.74) is 2.14. The predicted molar refractivity (Wildman–Crippen MR) is 183 cm³/mol. The highest BCUT2D eigenvalue weighted by Gasteiger charge is 2.39. The number of benzene rings is 3. The summed E-state index contributed by atoms with van der Waals surface area (Å²) in [5.74, 6) is 0.279. The number of fused-ring (bicyclic) bond motifs is 1. The molecule has 0 atom stereocenters. The lowest BCUT2D eigenvalue weighted by Gasteiger charge is -2.49. The van der Waals surface area contributed by atoms with Crippen LogP contribution in [0.15, 0.2) is 66.9 Å². The summed E-state index contributed by atoms with van der Waals surface area (Å²) in [6.07, 6.45) is 3.47. The number of aromatic nitrogens is 2. The predicted octanol–water partition coefficient (Wildman–Crippen LogP) is 1.67. The number of likely N-dealkylation sites (tertiary alicyclic amines) is 1. The van der Waals surface area contributed by atoms with Gasteiger partial charge in [0.05, 0.1) is 44.7 Å². The normalized spacial score (nSPS) is 14.6. The van der Waals surface area contributed by atoms with Gasteiger partial charge in [-0.1, -0.05) is 0 Å². The molecule has 16 heteroatoms. The first-order valence-electron chi connectivity index (χ1n) is 14.9. The van der Waals surface area contributed by atoms with E-state index in [9.17, 15) is 14.0 Å². The molecule has 8 nitrogen and oxygen atoms in total. The molecule has 14 radical (unpaired) electrons. The summed E-state index contributed by atoms with van der Waals surface area (Å²) in [4.78, 5) is 28.1. The molecule has 0 spiro atoms. The Labute approximate surface area is 282 Å². The van der Waals surface area contributed by atoms with E-state index in [2.05, 4.69) is 10.4 Å². The summed E-state index contributed by atoms with van der Waals surface area (Å²) in [5, 5.41) is 0.806. The molecule has 5 rings (SSSR count). The lowest BCUT2D eigenvalue weighted by molar-refractivity contribution is 0.0480. The molecule has 1 N–H and O–H groups in total. The van der Waals surface area contributed by atoms with Crippen molar-refractivity contribution < 1.29 is 23.5 Å². The Hall–Kier alpha value is -3.79. The molecule has 0 saturated carbocycles. The van der Waals surface area contributed by atoms with Gasteiger partial charge in [-0.05, 0) is 108 Å². The second-order valence-corrected chi connectivity index (χ2v) is 11.9. The molecule has 2 heterocycles. The summed E-state index contributed by atoms with van der Waals surface area (Å²) in [6, 6.07) is 15.9. The minimum Gasteiger partial charge on any atom is -0.457 e. The van der Waals surface area contributed by atoms with Crippen molar-refractivity contribution in [3.05, 3.63) is 89.4 Å². The van der Waals surface area contributed by atoms with Crippen LogP contribution in [0.25, 0.3) is 10.9 Å². The van der Waals surface area contributed by atoms with Crippen LogP contribution in [0.2, 0.25) is 0 Å². The fourth-order valence-corrected chi connectivity index (χ4v) is 5.42. The van der Waals surface area contributed by atoms with E-state index in [1.54, 1.807) is 43.3 Å². The van der Waals surface area contributed by atoms with E-state index in [1.807, 2.05) is 15.8 Å². The summed E-state index contributed by atoms with van der Waals surface area (Å²) in [6.45, 7) is 3.62. The number of ether oxygens (including phenoxy) is 2. The maximum Gasteiger partial charge on any atom is 0.253 e. The molecule has 222 valence electrons. The van der Waals surface area contributed by atoms with Gasteiger partial charge in [0.2, 0.25) is 0 Å². The van der Waals surface area contributed by atoms with E-state index in [0.717, 1.165) is 18.2 Å². The van der Waals surface area contributed by atoms with Crippen LogP contribution in [0.5, 0.6) is 11.5 Å². The van der Waals surface area contributed by atoms with Crippen molar-refractivity contribution in [3.63, 3.8) is 0 Å². The molecule has 1 aliphatic heterocycles. The molecule has 1 aromatic heterocycles. The monoisotopic (exact) mass is 614 g/mol. The maximum atomic E-state index is 13.2. The van der Waals surface area contributed by atoms with E-state index >= 15 is 0 Å². The fourth-order valence-electron chi connectivity index (χ4n) is 5.42. The number of carbonyl (C=O) groups is 2. The van der Waals surface area contributed by atoms with Gasteiger partial charge in [0, 0.05) is 42.3 Å². The lowest BCUT2D eigenvalue weighted by Crippen LogP contribution is -2.70. The molecule has 4 aromatic rings. The van der Waals surface area contributed by atoms with Gasteiger partial charge in [-0.3, -0.25) is 14.3 Å². The Balaban J connectivity index is 1.17. The van der Waals surface area contributed by atoms with E-state index in [1.165, 1.54) is 24.3 Å². The average molecular weight is 613 g/mol. The number of halogens is 1. The number of aryl methyl sites for hydroxylation is 1. The van der Waals surface area contributed by atoms with Gasteiger partial charge < -0.3 is 19.7 Å². The van der Waals surface area contributed by atoms with Crippen LogP contribution in [0.1, 0.15) is 39.1 Å². The summed E-state index contributed by atoms with van der Waals surface area (Å²) < 4.78 is 25.7. The largest absolute Gasteiger partial charge is 0.457 e. The molecule has 0 aliphatic carbocycles. The molecule has 47 heavy (non-hydrogen) atoms. The first-order valence-corrected chi connectivity index (χ1v) is 14.9. The number of piperidine rings is 1. The van der Waals surface area contributed by atoms with E-state index in [4.69, 9.17) is 64.4 Å². The zero-order valence-corrected chi connectivity index (χ0v) is 25.9. The number of hydrogen-bond donors (Lipinski definition) is 1. The molecule has 1 aliphatic rings. The van der Waals surface area contributed by atoms with Crippen LogP contribution in [0, 0.1) is 18.7 Å². The molecule has 2 amide bonds. The Morgan fingerprint density at radius 2 is 1.51 bits per heavy atom. The van der Waals surface area contributed by atoms with E-state index in [0.29, 0.717) is 53.7 Å². The molecule has 1 saturated heterocycles. The summed E-state index contributed by atoms with van der Waals surface area (Å²) in [7, 11) is 39.7. The van der Waals surface area contributed by atoms with Crippen molar-refractivity contribution in [2.45, 2.75) is 42.3 Å². The third kappa shape index (κ3) is 8.21. The SMILES string of the molecule is [B]C([B])([B])OC([B])([B])C([B])([B])NC(=O)c1ccc2nn(CC3CCN(C(=O)c4ccc(Oc5ccc(F)cc5)cc4)CC3)cc2c1C. The van der Waals surface area contributed by atoms with Gasteiger partial charge >= 0.3 is 0 Å². The first kappa shape index (κ1) is 34.5. The Kier molecular flexibility index (Phi) is 9.83. The van der Waals surface area contributed by atoms with Gasteiger partial charge in [-0.25, -0.2) is 4.39 Å². The minimum absolute atomic E-state index is 0.0523. The average Bonchev–Trinajstić information content (AvgIpc) is 3.41. The Bertz CT molecular complexity index is 1750. The Morgan fingerprint density at radius 3 is 2.11 bits per heavy atom. The highest BCUT2D eigenvalue weighted by atomic mass is 19.1. The second kappa shape index (κ2) is 13.4. The van der Waals surface area contributed by atoms with Gasteiger partial charge in [0.1, 0.15) is 33.0 Å². The lowest BCUT2D eigenvalue weighted by atomic mass is 9.38. The number of hydrogen-bond acceptors (Lipinski definition) is 5. The maximum absolute atomic E-state index is 13.2. The minimum atomic E-state index is -2.42. The quantitative estimate of drug-likeness (QED) is 0.276. The first-order chi connectivity index (χ1) is 22.0. The van der Waals surface area contributed by atoms with Crippen molar-refractivity contribution in [2.24, 2.45) is 5.92 Å². The van der Waals surface area contributed by atoms with Crippen molar-refractivity contribution in [1.29, 1.82) is 0 Å². The number of rotatable bonds is 10. The van der Waals surface area contributed by atoms with Gasteiger partial charge in [-0.15, -0.1) is 0 Å². The molecule has 0 bridgehead atoms. The number of carbonyl (C=O) groups excluding carboxylic acids is 2. The molecular weight excluding hydrogens is 587 g/mol. The molecule has 3 aromatic carbocycles. The number of nitrogens with one attached hydrogen (secondary N) is 1. The van der Waals surface area contributed by atoms with Crippen molar-refractivity contribution >= 4 is 77.6 Å². The van der Waals surface area contributed by atoms with Crippen LogP contribution in [-0.2, 0) is 11.3 Å². The van der Waals surface area contributed by atoms with Crippen molar-refractivity contribution in [3.8, 4) is 11.5 Å². The smallest absolute Gasteiger partial charge is 0.253 e.